The first kappa shape index (κ1) is 18.5. The highest BCUT2D eigenvalue weighted by molar-refractivity contribution is 7.17. The van der Waals surface area contributed by atoms with Gasteiger partial charge in [-0.25, -0.2) is 8.78 Å². The second-order valence-corrected chi connectivity index (χ2v) is 7.43. The second-order valence-electron chi connectivity index (χ2n) is 6.32. The van der Waals surface area contributed by atoms with Crippen molar-refractivity contribution in [2.75, 3.05) is 5.32 Å². The van der Waals surface area contributed by atoms with Gasteiger partial charge in [0, 0.05) is 23.9 Å². The van der Waals surface area contributed by atoms with Gasteiger partial charge in [0.05, 0.1) is 5.56 Å². The van der Waals surface area contributed by atoms with Gasteiger partial charge in [0.25, 0.3) is 12.3 Å². The molecule has 1 aromatic carbocycles. The molecule has 7 heteroatoms. The Hall–Kier alpha value is -2.28. The Morgan fingerprint density at radius 3 is 2.73 bits per heavy atom. The summed E-state index contributed by atoms with van der Waals surface area (Å²) < 4.78 is 25.6. The smallest absolute Gasteiger partial charge is 0.263 e. The fourth-order valence-electron chi connectivity index (χ4n) is 3.16. The van der Waals surface area contributed by atoms with Crippen LogP contribution in [0.15, 0.2) is 24.3 Å². The molecule has 2 N–H and O–H groups in total. The van der Waals surface area contributed by atoms with Gasteiger partial charge in [-0.15, -0.1) is 11.3 Å². The van der Waals surface area contributed by atoms with E-state index in [0.717, 1.165) is 36.1 Å². The van der Waals surface area contributed by atoms with Gasteiger partial charge in [0.15, 0.2) is 0 Å². The molecule has 0 atom stereocenters. The molecule has 1 aromatic heterocycles. The minimum absolute atomic E-state index is 0.0661. The van der Waals surface area contributed by atoms with E-state index in [-0.39, 0.29) is 23.9 Å². The van der Waals surface area contributed by atoms with E-state index in [4.69, 9.17) is 0 Å². The zero-order chi connectivity index (χ0) is 18.7. The summed E-state index contributed by atoms with van der Waals surface area (Å²) in [4.78, 5) is 25.4. The zero-order valence-corrected chi connectivity index (χ0v) is 15.2. The fraction of sp³-hybridized carbons (Fsp3) is 0.368. The first-order valence-corrected chi connectivity index (χ1v) is 9.34. The average Bonchev–Trinajstić information content (AvgIpc) is 2.97. The van der Waals surface area contributed by atoms with Crippen molar-refractivity contribution in [2.45, 2.75) is 45.6 Å². The van der Waals surface area contributed by atoms with Crippen molar-refractivity contribution in [3.63, 3.8) is 0 Å². The van der Waals surface area contributed by atoms with E-state index in [9.17, 15) is 18.4 Å². The molecule has 1 aliphatic carbocycles. The number of anilines is 1. The lowest BCUT2D eigenvalue weighted by atomic mass is 9.95. The Morgan fingerprint density at radius 2 is 2.00 bits per heavy atom. The van der Waals surface area contributed by atoms with Crippen LogP contribution in [0.1, 0.15) is 58.1 Å². The van der Waals surface area contributed by atoms with Crippen LogP contribution in [0, 0.1) is 0 Å². The maximum absolute atomic E-state index is 12.8. The molecular formula is C19H20F2N2O2S. The monoisotopic (exact) mass is 378 g/mol. The number of carbonyl (C=O) groups excluding carboxylic acids is 2. The van der Waals surface area contributed by atoms with Gasteiger partial charge in [0.1, 0.15) is 5.00 Å². The van der Waals surface area contributed by atoms with E-state index in [1.54, 1.807) is 12.1 Å². The molecule has 0 saturated carbocycles. The summed E-state index contributed by atoms with van der Waals surface area (Å²) in [5.41, 5.74) is 2.07. The van der Waals surface area contributed by atoms with Crippen LogP contribution in [0.3, 0.4) is 0 Å². The maximum atomic E-state index is 12.8. The van der Waals surface area contributed by atoms with Gasteiger partial charge in [-0.1, -0.05) is 18.2 Å². The van der Waals surface area contributed by atoms with Crippen LogP contribution in [0.5, 0.6) is 0 Å². The molecule has 0 aliphatic heterocycles. The number of fused-ring (bicyclic) bond motifs is 1. The number of alkyl halides is 2. The molecule has 0 fully saturated rings. The van der Waals surface area contributed by atoms with E-state index in [1.165, 1.54) is 30.4 Å². The number of nitrogens with one attached hydrogen (secondary N) is 2. The van der Waals surface area contributed by atoms with Gasteiger partial charge < -0.3 is 10.6 Å². The Balaban J connectivity index is 1.80. The maximum Gasteiger partial charge on any atom is 0.263 e. The number of amides is 2. The van der Waals surface area contributed by atoms with Crippen molar-refractivity contribution < 1.29 is 18.4 Å². The summed E-state index contributed by atoms with van der Waals surface area (Å²) in [6.07, 6.45) is 1.28. The summed E-state index contributed by atoms with van der Waals surface area (Å²) in [5, 5.41) is 6.13. The van der Waals surface area contributed by atoms with Gasteiger partial charge in [-0.2, -0.15) is 0 Å². The fourth-order valence-corrected chi connectivity index (χ4v) is 4.50. The van der Waals surface area contributed by atoms with Gasteiger partial charge in [-0.05, 0) is 42.9 Å². The number of hydrogen-bond acceptors (Lipinski definition) is 3. The lowest BCUT2D eigenvalue weighted by molar-refractivity contribution is -0.114. The molecule has 3 rings (SSSR count). The topological polar surface area (TPSA) is 58.2 Å². The predicted octanol–water partition coefficient (Wildman–Crippen LogP) is 4.45. The van der Waals surface area contributed by atoms with Crippen LogP contribution in [0.2, 0.25) is 0 Å². The summed E-state index contributed by atoms with van der Waals surface area (Å²) in [7, 11) is 0. The van der Waals surface area contributed by atoms with E-state index < -0.39 is 6.43 Å². The molecular weight excluding hydrogens is 358 g/mol. The van der Waals surface area contributed by atoms with Crippen molar-refractivity contribution in [3.05, 3.63) is 51.4 Å². The molecule has 0 saturated heterocycles. The van der Waals surface area contributed by atoms with Crippen LogP contribution in [-0.2, 0) is 24.2 Å². The van der Waals surface area contributed by atoms with E-state index >= 15 is 0 Å². The van der Waals surface area contributed by atoms with Crippen molar-refractivity contribution >= 4 is 28.2 Å². The highest BCUT2D eigenvalue weighted by Crippen LogP contribution is 2.38. The molecule has 0 radical (unpaired) electrons. The molecule has 2 amide bonds. The lowest BCUT2D eigenvalue weighted by Gasteiger charge is -2.13. The number of halogens is 2. The van der Waals surface area contributed by atoms with Crippen LogP contribution >= 0.6 is 11.3 Å². The Bertz CT molecular complexity index is 833. The Morgan fingerprint density at radius 1 is 1.23 bits per heavy atom. The van der Waals surface area contributed by atoms with Gasteiger partial charge >= 0.3 is 0 Å². The first-order valence-electron chi connectivity index (χ1n) is 8.53. The highest BCUT2D eigenvalue weighted by Gasteiger charge is 2.25. The van der Waals surface area contributed by atoms with Crippen LogP contribution < -0.4 is 10.6 Å². The highest BCUT2D eigenvalue weighted by atomic mass is 32.1. The standard InChI is InChI=1S/C19H20F2N2O2S/c1-11(24)23-19-16(14-7-2-3-8-15(14)26-19)18(25)22-10-12-5-4-6-13(9-12)17(20)21/h4-6,9,17H,2-3,7-8,10H2,1H3,(H,22,25)(H,23,24). The zero-order valence-electron chi connectivity index (χ0n) is 14.4. The lowest BCUT2D eigenvalue weighted by Crippen LogP contribution is -2.25. The van der Waals surface area contributed by atoms with Crippen molar-refractivity contribution in [1.29, 1.82) is 0 Å². The number of benzene rings is 1. The van der Waals surface area contributed by atoms with Crippen LogP contribution in [0.25, 0.3) is 0 Å². The second kappa shape index (κ2) is 7.95. The first-order chi connectivity index (χ1) is 12.5. The molecule has 1 aliphatic rings. The average molecular weight is 378 g/mol. The minimum Gasteiger partial charge on any atom is -0.348 e. The third kappa shape index (κ3) is 4.09. The molecule has 138 valence electrons. The van der Waals surface area contributed by atoms with E-state index in [1.807, 2.05) is 0 Å². The summed E-state index contributed by atoms with van der Waals surface area (Å²) in [6, 6.07) is 6.00. The number of carbonyl (C=O) groups is 2. The number of aryl methyl sites for hydroxylation is 1. The quantitative estimate of drug-likeness (QED) is 0.807. The van der Waals surface area contributed by atoms with E-state index in [2.05, 4.69) is 10.6 Å². The molecule has 0 bridgehead atoms. The minimum atomic E-state index is -2.54. The number of rotatable bonds is 5. The number of hydrogen-bond donors (Lipinski definition) is 2. The normalized spacial score (nSPS) is 13.4. The van der Waals surface area contributed by atoms with Crippen molar-refractivity contribution in [2.24, 2.45) is 0 Å². The summed E-state index contributed by atoms with van der Waals surface area (Å²) in [5.74, 6) is -0.502. The Labute approximate surface area is 154 Å². The third-order valence-corrected chi connectivity index (χ3v) is 5.55. The van der Waals surface area contributed by atoms with Gasteiger partial charge in [-0.3, -0.25) is 9.59 Å². The van der Waals surface area contributed by atoms with Crippen molar-refractivity contribution in [1.82, 2.24) is 5.32 Å². The molecule has 1 heterocycles. The van der Waals surface area contributed by atoms with Crippen LogP contribution in [-0.4, -0.2) is 11.8 Å². The Kier molecular flexibility index (Phi) is 5.66. The molecule has 26 heavy (non-hydrogen) atoms. The number of thiophene rings is 1. The molecule has 0 unspecified atom stereocenters. The molecule has 2 aromatic rings. The van der Waals surface area contributed by atoms with Crippen molar-refractivity contribution in [3.8, 4) is 0 Å². The van der Waals surface area contributed by atoms with Crippen LogP contribution in [0.4, 0.5) is 13.8 Å². The third-order valence-electron chi connectivity index (χ3n) is 4.34. The largest absolute Gasteiger partial charge is 0.348 e. The SMILES string of the molecule is CC(=O)Nc1sc2c(c1C(=O)NCc1cccc(C(F)F)c1)CCCC2. The molecule has 0 spiro atoms. The predicted molar refractivity (Wildman–Crippen MR) is 97.8 cm³/mol. The molecule has 4 nitrogen and oxygen atoms in total. The summed E-state index contributed by atoms with van der Waals surface area (Å²) in [6.45, 7) is 1.57. The summed E-state index contributed by atoms with van der Waals surface area (Å²) >= 11 is 1.45. The van der Waals surface area contributed by atoms with E-state index in [0.29, 0.717) is 16.1 Å². The van der Waals surface area contributed by atoms with Gasteiger partial charge in [0.2, 0.25) is 5.91 Å².